The second-order valence-electron chi connectivity index (χ2n) is 7.18. The second-order valence-corrected chi connectivity index (χ2v) is 7.18. The number of aromatic carboxylic acids is 1. The summed E-state index contributed by atoms with van der Waals surface area (Å²) in [5.41, 5.74) is 1.57. The van der Waals surface area contributed by atoms with Gasteiger partial charge in [0.25, 0.3) is 0 Å². The van der Waals surface area contributed by atoms with E-state index in [4.69, 9.17) is 9.84 Å². The maximum Gasteiger partial charge on any atom is 0.335 e. The van der Waals surface area contributed by atoms with Crippen LogP contribution in [-0.4, -0.2) is 35.9 Å². The molecule has 4 heteroatoms. The van der Waals surface area contributed by atoms with Crippen molar-refractivity contribution in [2.75, 3.05) is 6.54 Å². The molecule has 0 aliphatic carbocycles. The van der Waals surface area contributed by atoms with E-state index < -0.39 is 5.97 Å². The zero-order chi connectivity index (χ0) is 16.9. The minimum atomic E-state index is -0.862. The van der Waals surface area contributed by atoms with Gasteiger partial charge in [-0.25, -0.2) is 4.79 Å². The van der Waals surface area contributed by atoms with Crippen molar-refractivity contribution in [3.05, 3.63) is 35.4 Å². The first-order chi connectivity index (χ1) is 11.7. The van der Waals surface area contributed by atoms with Crippen molar-refractivity contribution in [3.63, 3.8) is 0 Å². The molecule has 0 radical (unpaired) electrons. The molecule has 1 aromatic rings. The molecule has 24 heavy (non-hydrogen) atoms. The van der Waals surface area contributed by atoms with Crippen LogP contribution in [0.25, 0.3) is 0 Å². The van der Waals surface area contributed by atoms with E-state index in [1.165, 1.54) is 37.7 Å². The Bertz CT molecular complexity index is 542. The van der Waals surface area contributed by atoms with Gasteiger partial charge in [0.05, 0.1) is 17.8 Å². The van der Waals surface area contributed by atoms with Crippen LogP contribution in [0.3, 0.4) is 0 Å². The van der Waals surface area contributed by atoms with Crippen LogP contribution in [0.2, 0.25) is 0 Å². The molecule has 0 saturated carbocycles. The van der Waals surface area contributed by atoms with E-state index in [0.29, 0.717) is 29.7 Å². The van der Waals surface area contributed by atoms with Gasteiger partial charge in [-0.2, -0.15) is 0 Å². The third-order valence-corrected chi connectivity index (χ3v) is 5.55. The van der Waals surface area contributed by atoms with E-state index in [1.807, 2.05) is 12.1 Å². The Hall–Kier alpha value is -1.39. The van der Waals surface area contributed by atoms with Crippen molar-refractivity contribution in [3.8, 4) is 0 Å². The first-order valence-corrected chi connectivity index (χ1v) is 9.40. The van der Waals surface area contributed by atoms with Crippen LogP contribution in [0.5, 0.6) is 0 Å². The summed E-state index contributed by atoms with van der Waals surface area (Å²) >= 11 is 0. The maximum absolute atomic E-state index is 10.9. The highest BCUT2D eigenvalue weighted by Crippen LogP contribution is 2.41. The summed E-state index contributed by atoms with van der Waals surface area (Å²) in [6.45, 7) is 3.33. The van der Waals surface area contributed by atoms with Crippen molar-refractivity contribution in [1.29, 1.82) is 0 Å². The first kappa shape index (κ1) is 17.4. The fourth-order valence-corrected chi connectivity index (χ4v) is 4.21. The lowest BCUT2D eigenvalue weighted by molar-refractivity contribution is 0.0697. The zero-order valence-electron chi connectivity index (χ0n) is 14.5. The second kappa shape index (κ2) is 8.13. The molecule has 2 saturated heterocycles. The number of carboxylic acid groups (broad SMARTS) is 1. The molecular formula is C20H29NO3. The quantitative estimate of drug-likeness (QED) is 0.678. The molecule has 2 N–H and O–H groups in total. The minimum Gasteiger partial charge on any atom is -0.478 e. The van der Waals surface area contributed by atoms with Crippen LogP contribution in [-0.2, 0) is 11.2 Å². The Morgan fingerprint density at radius 3 is 2.67 bits per heavy atom. The largest absolute Gasteiger partial charge is 0.478 e. The van der Waals surface area contributed by atoms with Gasteiger partial charge in [0.15, 0.2) is 0 Å². The monoisotopic (exact) mass is 331 g/mol. The molecular weight excluding hydrogens is 302 g/mol. The van der Waals surface area contributed by atoms with Gasteiger partial charge in [0, 0.05) is 12.0 Å². The molecule has 2 fully saturated rings. The molecule has 4 atom stereocenters. The number of fused-ring (bicyclic) bond motifs is 2. The van der Waals surface area contributed by atoms with E-state index >= 15 is 0 Å². The maximum atomic E-state index is 10.9. The fraction of sp³-hybridized carbons (Fsp3) is 0.650. The summed E-state index contributed by atoms with van der Waals surface area (Å²) in [7, 11) is 0. The molecule has 4 unspecified atom stereocenters. The summed E-state index contributed by atoms with van der Waals surface area (Å²) < 4.78 is 6.15. The van der Waals surface area contributed by atoms with Crippen LogP contribution >= 0.6 is 0 Å². The van der Waals surface area contributed by atoms with Crippen molar-refractivity contribution in [2.45, 2.75) is 70.1 Å². The SMILES string of the molecule is CCCCCNC1C2CCC(O2)C1CCc1ccc(C(=O)O)cc1. The highest BCUT2D eigenvalue weighted by atomic mass is 16.5. The number of hydrogen-bond acceptors (Lipinski definition) is 3. The van der Waals surface area contributed by atoms with E-state index in [1.54, 1.807) is 12.1 Å². The number of hydrogen-bond donors (Lipinski definition) is 2. The number of ether oxygens (including phenoxy) is 1. The van der Waals surface area contributed by atoms with Gasteiger partial charge in [0.1, 0.15) is 0 Å². The van der Waals surface area contributed by atoms with Gasteiger partial charge in [-0.05, 0) is 56.3 Å². The lowest BCUT2D eigenvalue weighted by Crippen LogP contribution is -2.44. The molecule has 2 aliphatic heterocycles. The van der Waals surface area contributed by atoms with Crippen molar-refractivity contribution < 1.29 is 14.6 Å². The third-order valence-electron chi connectivity index (χ3n) is 5.55. The van der Waals surface area contributed by atoms with Gasteiger partial charge in [0.2, 0.25) is 0 Å². The number of rotatable bonds is 9. The number of benzene rings is 1. The average molecular weight is 331 g/mol. The normalized spacial score (nSPS) is 28.4. The lowest BCUT2D eigenvalue weighted by Gasteiger charge is -2.29. The van der Waals surface area contributed by atoms with Gasteiger partial charge in [-0.3, -0.25) is 0 Å². The average Bonchev–Trinajstić information content (AvgIpc) is 3.19. The number of carboxylic acids is 1. The summed E-state index contributed by atoms with van der Waals surface area (Å²) in [6, 6.07) is 7.80. The zero-order valence-corrected chi connectivity index (χ0v) is 14.5. The molecule has 2 bridgehead atoms. The molecule has 4 nitrogen and oxygen atoms in total. The number of unbranched alkanes of at least 4 members (excludes halogenated alkanes) is 2. The first-order valence-electron chi connectivity index (χ1n) is 9.40. The molecule has 0 spiro atoms. The highest BCUT2D eigenvalue weighted by molar-refractivity contribution is 5.87. The van der Waals surface area contributed by atoms with E-state index in [2.05, 4.69) is 12.2 Å². The van der Waals surface area contributed by atoms with Crippen LogP contribution in [0.15, 0.2) is 24.3 Å². The molecule has 0 amide bonds. The van der Waals surface area contributed by atoms with Gasteiger partial charge >= 0.3 is 5.97 Å². The van der Waals surface area contributed by atoms with Crippen LogP contribution in [0, 0.1) is 5.92 Å². The van der Waals surface area contributed by atoms with Crippen LogP contribution in [0.4, 0.5) is 0 Å². The van der Waals surface area contributed by atoms with Gasteiger partial charge < -0.3 is 15.2 Å². The molecule has 0 aromatic heterocycles. The molecule has 2 aliphatic rings. The highest BCUT2D eigenvalue weighted by Gasteiger charge is 2.47. The van der Waals surface area contributed by atoms with Crippen molar-refractivity contribution >= 4 is 5.97 Å². The Morgan fingerprint density at radius 1 is 1.21 bits per heavy atom. The standard InChI is InChI=1S/C20H29NO3/c1-2-3-4-13-21-19-16(17-11-12-18(19)24-17)10-7-14-5-8-15(9-6-14)20(22)23/h5-6,8-9,16-19,21H,2-4,7,10-13H2,1H3,(H,22,23). The summed E-state index contributed by atoms with van der Waals surface area (Å²) in [6.07, 6.45) is 9.09. The van der Waals surface area contributed by atoms with Gasteiger partial charge in [-0.1, -0.05) is 31.9 Å². The fourth-order valence-electron chi connectivity index (χ4n) is 4.21. The van der Waals surface area contributed by atoms with E-state index in [0.717, 1.165) is 19.4 Å². The number of nitrogens with one attached hydrogen (secondary N) is 1. The predicted octanol–water partition coefficient (Wildman–Crippen LogP) is 3.64. The van der Waals surface area contributed by atoms with Crippen LogP contribution in [0.1, 0.15) is 61.4 Å². The topological polar surface area (TPSA) is 58.6 Å². The summed E-state index contributed by atoms with van der Waals surface area (Å²) in [4.78, 5) is 10.9. The third kappa shape index (κ3) is 3.98. The molecule has 1 aromatic carbocycles. The Kier molecular flexibility index (Phi) is 5.90. The van der Waals surface area contributed by atoms with E-state index in [9.17, 15) is 4.79 Å². The molecule has 132 valence electrons. The Morgan fingerprint density at radius 2 is 1.96 bits per heavy atom. The summed E-state index contributed by atoms with van der Waals surface area (Å²) in [5, 5.41) is 12.7. The predicted molar refractivity (Wildman–Crippen MR) is 94.4 cm³/mol. The molecule has 3 rings (SSSR count). The minimum absolute atomic E-state index is 0.359. The van der Waals surface area contributed by atoms with Crippen molar-refractivity contribution in [1.82, 2.24) is 5.32 Å². The lowest BCUT2D eigenvalue weighted by atomic mass is 9.81. The van der Waals surface area contributed by atoms with E-state index in [-0.39, 0.29) is 0 Å². The van der Waals surface area contributed by atoms with Crippen molar-refractivity contribution in [2.24, 2.45) is 5.92 Å². The Balaban J connectivity index is 1.53. The van der Waals surface area contributed by atoms with Gasteiger partial charge in [-0.15, -0.1) is 0 Å². The van der Waals surface area contributed by atoms with Crippen LogP contribution < -0.4 is 5.32 Å². The summed E-state index contributed by atoms with van der Waals surface area (Å²) in [5.74, 6) is -0.274. The Labute approximate surface area is 144 Å². The number of aryl methyl sites for hydroxylation is 1. The molecule has 2 heterocycles. The smallest absolute Gasteiger partial charge is 0.335 e. The number of carbonyl (C=O) groups is 1.